The van der Waals surface area contributed by atoms with Gasteiger partial charge in [0.15, 0.2) is 0 Å². The Hall–Kier alpha value is -1.12. The largest absolute Gasteiger partial charge is 0.398 e. The molecule has 0 aromatic heterocycles. The van der Waals surface area contributed by atoms with Crippen molar-refractivity contribution in [1.29, 1.82) is 0 Å². The number of benzene rings is 1. The first-order chi connectivity index (χ1) is 9.88. The van der Waals surface area contributed by atoms with Gasteiger partial charge in [-0.15, -0.1) is 0 Å². The molecular weight excluding hydrogens is 358 g/mol. The lowest BCUT2D eigenvalue weighted by Gasteiger charge is -2.08. The number of nitrogens with two attached hydrogens (primary N) is 1. The fourth-order valence-corrected chi connectivity index (χ4v) is 3.11. The maximum Gasteiger partial charge on any atom is 0.240 e. The number of amides is 1. The van der Waals surface area contributed by atoms with E-state index in [1.165, 1.54) is 12.1 Å². The first-order valence-corrected chi connectivity index (χ1v) is 9.00. The van der Waals surface area contributed by atoms with Crippen molar-refractivity contribution in [1.82, 2.24) is 10.0 Å². The Morgan fingerprint density at radius 3 is 2.71 bits per heavy atom. The molecule has 6 nitrogen and oxygen atoms in total. The molecule has 1 aliphatic carbocycles. The topological polar surface area (TPSA) is 101 Å². The number of hydrogen-bond donors (Lipinski definition) is 3. The van der Waals surface area contributed by atoms with Crippen LogP contribution in [-0.4, -0.2) is 26.9 Å². The Balaban J connectivity index is 1.80. The van der Waals surface area contributed by atoms with Gasteiger partial charge in [-0.2, -0.15) is 0 Å². The number of sulfonamides is 1. The zero-order valence-corrected chi connectivity index (χ0v) is 13.8. The Labute approximate surface area is 132 Å². The second-order valence-corrected chi connectivity index (χ2v) is 7.65. The molecule has 1 aromatic carbocycles. The standard InChI is InChI=1S/C13H18BrN3O3S/c14-11-6-5-10(8-12(11)15)21(19,20)16-7-1-2-13(18)17-9-3-4-9/h5-6,8-9,16H,1-4,7,15H2,(H,17,18). The van der Waals surface area contributed by atoms with Crippen LogP contribution in [0.3, 0.4) is 0 Å². The van der Waals surface area contributed by atoms with Crippen LogP contribution < -0.4 is 15.8 Å². The number of anilines is 1. The summed E-state index contributed by atoms with van der Waals surface area (Å²) in [6.45, 7) is 0.219. The molecule has 0 radical (unpaired) electrons. The molecule has 116 valence electrons. The Kier molecular flexibility index (Phi) is 5.23. The molecule has 1 saturated carbocycles. The second-order valence-electron chi connectivity index (χ2n) is 5.03. The average Bonchev–Trinajstić information content (AvgIpc) is 3.22. The first-order valence-electron chi connectivity index (χ1n) is 6.72. The van der Waals surface area contributed by atoms with Gasteiger partial charge in [-0.25, -0.2) is 13.1 Å². The van der Waals surface area contributed by atoms with Crippen LogP contribution in [0.15, 0.2) is 27.6 Å². The zero-order chi connectivity index (χ0) is 15.5. The summed E-state index contributed by atoms with van der Waals surface area (Å²) in [7, 11) is -3.59. The van der Waals surface area contributed by atoms with E-state index < -0.39 is 10.0 Å². The summed E-state index contributed by atoms with van der Waals surface area (Å²) in [5, 5.41) is 2.86. The highest BCUT2D eigenvalue weighted by atomic mass is 79.9. The normalized spacial score (nSPS) is 14.9. The maximum absolute atomic E-state index is 12.0. The number of carbonyl (C=O) groups excluding carboxylic acids is 1. The predicted molar refractivity (Wildman–Crippen MR) is 84.1 cm³/mol. The fourth-order valence-electron chi connectivity index (χ4n) is 1.76. The molecule has 1 fully saturated rings. The summed E-state index contributed by atoms with van der Waals surface area (Å²) >= 11 is 3.22. The number of nitrogens with one attached hydrogen (secondary N) is 2. The van der Waals surface area contributed by atoms with Crippen molar-refractivity contribution in [2.24, 2.45) is 0 Å². The average molecular weight is 376 g/mol. The van der Waals surface area contributed by atoms with E-state index >= 15 is 0 Å². The Morgan fingerprint density at radius 1 is 1.38 bits per heavy atom. The van der Waals surface area contributed by atoms with Crippen molar-refractivity contribution in [3.63, 3.8) is 0 Å². The van der Waals surface area contributed by atoms with Gasteiger partial charge in [0.2, 0.25) is 15.9 Å². The van der Waals surface area contributed by atoms with Crippen molar-refractivity contribution < 1.29 is 13.2 Å². The molecule has 1 amide bonds. The van der Waals surface area contributed by atoms with Crippen molar-refractivity contribution in [3.8, 4) is 0 Å². The quantitative estimate of drug-likeness (QED) is 0.494. The van der Waals surface area contributed by atoms with Gasteiger partial charge < -0.3 is 11.1 Å². The van der Waals surface area contributed by atoms with Crippen molar-refractivity contribution in [2.75, 3.05) is 12.3 Å². The van der Waals surface area contributed by atoms with Crippen molar-refractivity contribution in [2.45, 2.75) is 36.6 Å². The summed E-state index contributed by atoms with van der Waals surface area (Å²) in [4.78, 5) is 11.6. The van der Waals surface area contributed by atoms with Gasteiger partial charge in [0, 0.05) is 29.2 Å². The van der Waals surface area contributed by atoms with Crippen molar-refractivity contribution >= 4 is 37.5 Å². The van der Waals surface area contributed by atoms with Crippen molar-refractivity contribution in [3.05, 3.63) is 22.7 Å². The Bertz CT molecular complexity index is 630. The zero-order valence-electron chi connectivity index (χ0n) is 11.4. The van der Waals surface area contributed by atoms with Crippen LogP contribution in [0.2, 0.25) is 0 Å². The van der Waals surface area contributed by atoms with Crippen LogP contribution in [0.1, 0.15) is 25.7 Å². The molecule has 0 unspecified atom stereocenters. The minimum absolute atomic E-state index is 0.0235. The summed E-state index contributed by atoms with van der Waals surface area (Å²) in [6, 6.07) is 4.79. The minimum Gasteiger partial charge on any atom is -0.398 e. The minimum atomic E-state index is -3.59. The molecule has 0 aliphatic heterocycles. The van der Waals surface area contributed by atoms with Crippen LogP contribution in [0.5, 0.6) is 0 Å². The van der Waals surface area contributed by atoms with E-state index in [-0.39, 0.29) is 17.3 Å². The molecule has 1 aliphatic rings. The van der Waals surface area contributed by atoms with E-state index in [1.807, 2.05) is 0 Å². The fraction of sp³-hybridized carbons (Fsp3) is 0.462. The molecule has 0 bridgehead atoms. The number of nitrogen functional groups attached to an aromatic ring is 1. The van der Waals surface area contributed by atoms with Crippen LogP contribution >= 0.6 is 15.9 Å². The van der Waals surface area contributed by atoms with Gasteiger partial charge in [-0.1, -0.05) is 0 Å². The van der Waals surface area contributed by atoms with Crippen LogP contribution in [0, 0.1) is 0 Å². The van der Waals surface area contributed by atoms with Gasteiger partial charge in [-0.3, -0.25) is 4.79 Å². The number of hydrogen-bond acceptors (Lipinski definition) is 4. The highest BCUT2D eigenvalue weighted by Gasteiger charge is 2.22. The van der Waals surface area contributed by atoms with Gasteiger partial charge >= 0.3 is 0 Å². The third-order valence-electron chi connectivity index (χ3n) is 3.09. The molecule has 8 heteroatoms. The third kappa shape index (κ3) is 4.98. The third-order valence-corrected chi connectivity index (χ3v) is 5.27. The van der Waals surface area contributed by atoms with E-state index in [4.69, 9.17) is 5.73 Å². The lowest BCUT2D eigenvalue weighted by atomic mass is 10.3. The molecule has 0 saturated heterocycles. The summed E-state index contributed by atoms with van der Waals surface area (Å²) in [6.07, 6.45) is 2.87. The maximum atomic E-state index is 12.0. The number of carbonyl (C=O) groups is 1. The SMILES string of the molecule is Nc1cc(S(=O)(=O)NCCCC(=O)NC2CC2)ccc1Br. The van der Waals surface area contributed by atoms with Gasteiger partial charge in [0.25, 0.3) is 0 Å². The number of rotatable bonds is 7. The van der Waals surface area contributed by atoms with Gasteiger partial charge in [0.05, 0.1) is 4.90 Å². The second kappa shape index (κ2) is 6.76. The highest BCUT2D eigenvalue weighted by Crippen LogP contribution is 2.22. The molecule has 0 atom stereocenters. The van der Waals surface area contributed by atoms with Crippen LogP contribution in [-0.2, 0) is 14.8 Å². The molecule has 21 heavy (non-hydrogen) atoms. The number of halogens is 1. The molecule has 0 heterocycles. The molecular formula is C13H18BrN3O3S. The first kappa shape index (κ1) is 16.3. The van der Waals surface area contributed by atoms with E-state index in [2.05, 4.69) is 26.0 Å². The molecule has 1 aromatic rings. The summed E-state index contributed by atoms with van der Waals surface area (Å²) < 4.78 is 27.2. The summed E-state index contributed by atoms with van der Waals surface area (Å²) in [5.74, 6) is -0.0235. The van der Waals surface area contributed by atoms with E-state index in [1.54, 1.807) is 6.07 Å². The molecule has 0 spiro atoms. The lowest BCUT2D eigenvalue weighted by Crippen LogP contribution is -2.28. The molecule has 2 rings (SSSR count). The Morgan fingerprint density at radius 2 is 2.10 bits per heavy atom. The van der Waals surface area contributed by atoms with E-state index in [0.717, 1.165) is 12.8 Å². The smallest absolute Gasteiger partial charge is 0.240 e. The van der Waals surface area contributed by atoms with Crippen LogP contribution in [0.25, 0.3) is 0 Å². The monoisotopic (exact) mass is 375 g/mol. The predicted octanol–water partition coefficient (Wildman–Crippen LogP) is 1.37. The lowest BCUT2D eigenvalue weighted by molar-refractivity contribution is -0.121. The van der Waals surface area contributed by atoms with Gasteiger partial charge in [-0.05, 0) is 53.4 Å². The van der Waals surface area contributed by atoms with Crippen LogP contribution in [0.4, 0.5) is 5.69 Å². The highest BCUT2D eigenvalue weighted by molar-refractivity contribution is 9.10. The van der Waals surface area contributed by atoms with Gasteiger partial charge in [0.1, 0.15) is 0 Å². The van der Waals surface area contributed by atoms with E-state index in [0.29, 0.717) is 29.0 Å². The molecule has 4 N–H and O–H groups in total. The van der Waals surface area contributed by atoms with E-state index in [9.17, 15) is 13.2 Å². The summed E-state index contributed by atoms with van der Waals surface area (Å²) in [5.41, 5.74) is 6.03.